The first-order valence-electron chi connectivity index (χ1n) is 6.99. The number of hydrogen-bond acceptors (Lipinski definition) is 4. The molecule has 0 aliphatic carbocycles. The molecular weight excluding hydrogens is 270 g/mol. The summed E-state index contributed by atoms with van der Waals surface area (Å²) in [6.45, 7) is 1.49. The van der Waals surface area contributed by atoms with Crippen LogP contribution in [0.25, 0.3) is 0 Å². The van der Waals surface area contributed by atoms with Crippen molar-refractivity contribution in [1.29, 1.82) is 0 Å². The third-order valence-electron chi connectivity index (χ3n) is 3.29. The predicted molar refractivity (Wildman–Crippen MR) is 80.2 cm³/mol. The van der Waals surface area contributed by atoms with Crippen molar-refractivity contribution in [1.82, 2.24) is 10.2 Å². The van der Waals surface area contributed by atoms with Gasteiger partial charge in [-0.2, -0.15) is 0 Å². The van der Waals surface area contributed by atoms with Crippen LogP contribution in [0.15, 0.2) is 30.3 Å². The predicted octanol–water partition coefficient (Wildman–Crippen LogP) is 1.08. The van der Waals surface area contributed by atoms with Crippen molar-refractivity contribution in [2.45, 2.75) is 12.5 Å². The molecule has 1 aliphatic rings. The van der Waals surface area contributed by atoms with Gasteiger partial charge in [0.1, 0.15) is 6.61 Å². The molecule has 114 valence electrons. The molecule has 1 aromatic carbocycles. The standard InChI is InChI=1S/C15H21N3O3/c1-17(2)8-9-21-15(20)16-12-10-14(19)18(11-12)13-6-4-3-5-7-13/h3-7,12H,8-11H2,1-2H3,(H,16,20)/t12-/m1/s1. The van der Waals surface area contributed by atoms with Crippen molar-refractivity contribution in [2.24, 2.45) is 0 Å². The van der Waals surface area contributed by atoms with E-state index in [4.69, 9.17) is 4.74 Å². The number of rotatable bonds is 5. The molecule has 0 bridgehead atoms. The number of benzene rings is 1. The molecule has 6 heteroatoms. The number of ether oxygens (including phenoxy) is 1. The molecule has 0 spiro atoms. The van der Waals surface area contributed by atoms with E-state index >= 15 is 0 Å². The van der Waals surface area contributed by atoms with E-state index in [1.807, 2.05) is 49.3 Å². The zero-order valence-electron chi connectivity index (χ0n) is 12.4. The maximum Gasteiger partial charge on any atom is 0.407 e. The highest BCUT2D eigenvalue weighted by Crippen LogP contribution is 2.20. The summed E-state index contributed by atoms with van der Waals surface area (Å²) in [5, 5.41) is 2.74. The van der Waals surface area contributed by atoms with E-state index in [1.165, 1.54) is 0 Å². The van der Waals surface area contributed by atoms with Gasteiger partial charge in [-0.25, -0.2) is 4.79 Å². The van der Waals surface area contributed by atoms with Gasteiger partial charge in [-0.05, 0) is 26.2 Å². The minimum atomic E-state index is -0.468. The van der Waals surface area contributed by atoms with Crippen LogP contribution in [0.4, 0.5) is 10.5 Å². The number of hydrogen-bond donors (Lipinski definition) is 1. The van der Waals surface area contributed by atoms with Gasteiger partial charge >= 0.3 is 6.09 Å². The second kappa shape index (κ2) is 7.08. The molecular formula is C15H21N3O3. The molecule has 21 heavy (non-hydrogen) atoms. The van der Waals surface area contributed by atoms with Crippen LogP contribution in [-0.4, -0.2) is 56.7 Å². The fourth-order valence-corrected chi connectivity index (χ4v) is 2.19. The molecule has 0 unspecified atom stereocenters. The number of carbonyl (C=O) groups is 2. The van der Waals surface area contributed by atoms with Crippen molar-refractivity contribution in [3.63, 3.8) is 0 Å². The molecule has 0 saturated carbocycles. The Morgan fingerprint density at radius 1 is 1.38 bits per heavy atom. The third-order valence-corrected chi connectivity index (χ3v) is 3.29. The van der Waals surface area contributed by atoms with Crippen LogP contribution in [0, 0.1) is 0 Å². The first kappa shape index (κ1) is 15.3. The van der Waals surface area contributed by atoms with Gasteiger partial charge in [-0.15, -0.1) is 0 Å². The zero-order valence-corrected chi connectivity index (χ0v) is 12.4. The van der Waals surface area contributed by atoms with Gasteiger partial charge in [0.2, 0.25) is 5.91 Å². The van der Waals surface area contributed by atoms with Crippen LogP contribution >= 0.6 is 0 Å². The molecule has 0 radical (unpaired) electrons. The van der Waals surface area contributed by atoms with E-state index < -0.39 is 6.09 Å². The molecule has 6 nitrogen and oxygen atoms in total. The topological polar surface area (TPSA) is 61.9 Å². The van der Waals surface area contributed by atoms with E-state index in [2.05, 4.69) is 5.32 Å². The second-order valence-electron chi connectivity index (χ2n) is 5.32. The number of para-hydroxylation sites is 1. The average molecular weight is 291 g/mol. The first-order valence-corrected chi connectivity index (χ1v) is 6.99. The van der Waals surface area contributed by atoms with Crippen molar-refractivity contribution in [3.05, 3.63) is 30.3 Å². The fourth-order valence-electron chi connectivity index (χ4n) is 2.19. The summed E-state index contributed by atoms with van der Waals surface area (Å²) in [7, 11) is 3.82. The van der Waals surface area contributed by atoms with Crippen LogP contribution in [0.2, 0.25) is 0 Å². The average Bonchev–Trinajstić information content (AvgIpc) is 2.80. The third kappa shape index (κ3) is 4.46. The number of alkyl carbamates (subject to hydrolysis) is 1. The van der Waals surface area contributed by atoms with Crippen LogP contribution in [0.1, 0.15) is 6.42 Å². The molecule has 1 fully saturated rings. The van der Waals surface area contributed by atoms with Gasteiger partial charge in [-0.3, -0.25) is 4.79 Å². The number of carbonyl (C=O) groups excluding carboxylic acids is 2. The lowest BCUT2D eigenvalue weighted by Crippen LogP contribution is -2.38. The SMILES string of the molecule is CN(C)CCOC(=O)N[C@@H]1CC(=O)N(c2ccccc2)C1. The zero-order chi connectivity index (χ0) is 15.2. The highest BCUT2D eigenvalue weighted by molar-refractivity contribution is 5.96. The van der Waals surface area contributed by atoms with E-state index in [0.29, 0.717) is 26.1 Å². The first-order chi connectivity index (χ1) is 10.1. The number of anilines is 1. The Morgan fingerprint density at radius 3 is 2.76 bits per heavy atom. The summed E-state index contributed by atoms with van der Waals surface area (Å²) in [6, 6.07) is 9.25. The van der Waals surface area contributed by atoms with Gasteiger partial charge < -0.3 is 19.9 Å². The minimum absolute atomic E-state index is 0.0137. The Morgan fingerprint density at radius 2 is 2.10 bits per heavy atom. The number of likely N-dealkylation sites (N-methyl/N-ethyl adjacent to an activating group) is 1. The summed E-state index contributed by atoms with van der Waals surface area (Å²) >= 11 is 0. The molecule has 1 aromatic rings. The Balaban J connectivity index is 1.81. The Hall–Kier alpha value is -2.08. The molecule has 1 saturated heterocycles. The van der Waals surface area contributed by atoms with Gasteiger partial charge in [-0.1, -0.05) is 18.2 Å². The summed E-state index contributed by atoms with van der Waals surface area (Å²) in [5.41, 5.74) is 0.854. The lowest BCUT2D eigenvalue weighted by Gasteiger charge is -2.17. The second-order valence-corrected chi connectivity index (χ2v) is 5.32. The summed E-state index contributed by atoms with van der Waals surface area (Å²) in [6.07, 6.45) is -0.165. The molecule has 0 aromatic heterocycles. The number of nitrogens with zero attached hydrogens (tertiary/aromatic N) is 2. The van der Waals surface area contributed by atoms with Crippen LogP contribution < -0.4 is 10.2 Å². The van der Waals surface area contributed by atoms with E-state index in [9.17, 15) is 9.59 Å². The number of amides is 2. The number of nitrogens with one attached hydrogen (secondary N) is 1. The normalized spacial score (nSPS) is 18.1. The monoisotopic (exact) mass is 291 g/mol. The highest BCUT2D eigenvalue weighted by atomic mass is 16.5. The van der Waals surface area contributed by atoms with Crippen LogP contribution in [0.5, 0.6) is 0 Å². The molecule has 2 amide bonds. The smallest absolute Gasteiger partial charge is 0.407 e. The molecule has 2 rings (SSSR count). The van der Waals surface area contributed by atoms with Crippen molar-refractivity contribution >= 4 is 17.7 Å². The van der Waals surface area contributed by atoms with Crippen LogP contribution in [-0.2, 0) is 9.53 Å². The van der Waals surface area contributed by atoms with Gasteiger partial charge in [0.15, 0.2) is 0 Å². The molecule has 1 aliphatic heterocycles. The van der Waals surface area contributed by atoms with Crippen LogP contribution in [0.3, 0.4) is 0 Å². The lowest BCUT2D eigenvalue weighted by atomic mass is 10.3. The quantitative estimate of drug-likeness (QED) is 0.882. The van der Waals surface area contributed by atoms with Crippen molar-refractivity contribution in [3.8, 4) is 0 Å². The molecule has 1 atom stereocenters. The Kier molecular flexibility index (Phi) is 5.16. The molecule has 1 N–H and O–H groups in total. The minimum Gasteiger partial charge on any atom is -0.448 e. The summed E-state index contributed by atoms with van der Waals surface area (Å²) < 4.78 is 5.07. The van der Waals surface area contributed by atoms with Gasteiger partial charge in [0.25, 0.3) is 0 Å². The lowest BCUT2D eigenvalue weighted by molar-refractivity contribution is -0.117. The van der Waals surface area contributed by atoms with E-state index in [-0.39, 0.29) is 11.9 Å². The maximum absolute atomic E-state index is 12.0. The highest BCUT2D eigenvalue weighted by Gasteiger charge is 2.31. The van der Waals surface area contributed by atoms with Crippen molar-refractivity contribution in [2.75, 3.05) is 38.7 Å². The molecule has 1 heterocycles. The summed E-state index contributed by atoms with van der Waals surface area (Å²) in [4.78, 5) is 27.3. The largest absolute Gasteiger partial charge is 0.448 e. The summed E-state index contributed by atoms with van der Waals surface area (Å²) in [5.74, 6) is 0.0137. The Bertz CT molecular complexity index is 490. The Labute approximate surface area is 124 Å². The fraction of sp³-hybridized carbons (Fsp3) is 0.467. The van der Waals surface area contributed by atoms with E-state index in [1.54, 1.807) is 4.90 Å². The maximum atomic E-state index is 12.0. The van der Waals surface area contributed by atoms with Crippen molar-refractivity contribution < 1.29 is 14.3 Å². The van der Waals surface area contributed by atoms with E-state index in [0.717, 1.165) is 5.69 Å². The van der Waals surface area contributed by atoms with Gasteiger partial charge in [0.05, 0.1) is 6.04 Å². The van der Waals surface area contributed by atoms with Gasteiger partial charge in [0, 0.05) is 25.2 Å².